The number of thiazole rings is 1. The van der Waals surface area contributed by atoms with Gasteiger partial charge in [-0.3, -0.25) is 10.1 Å². The lowest BCUT2D eigenvalue weighted by atomic mass is 10.1. The quantitative estimate of drug-likeness (QED) is 0.441. The number of carbonyl (C=O) groups is 1. The van der Waals surface area contributed by atoms with Crippen molar-refractivity contribution in [3.63, 3.8) is 0 Å². The molecule has 2 aromatic carbocycles. The molecule has 1 N–H and O–H groups in total. The number of carbonyl (C=O) groups excluding carboxylic acids is 1. The number of aromatic nitrogens is 1. The van der Waals surface area contributed by atoms with Crippen molar-refractivity contribution in [2.75, 3.05) is 19.5 Å². The molecule has 1 aromatic heterocycles. The number of hydrogen-bond donors (Lipinski definition) is 1. The Morgan fingerprint density at radius 3 is 2.62 bits per heavy atom. The first-order valence-corrected chi connectivity index (χ1v) is 10.7. The highest BCUT2D eigenvalue weighted by molar-refractivity contribution is 9.10. The number of amides is 1. The molecule has 7 heteroatoms. The minimum absolute atomic E-state index is 0.252. The summed E-state index contributed by atoms with van der Waals surface area (Å²) in [7, 11) is 3.15. The molecule has 150 valence electrons. The smallest absolute Gasteiger partial charge is 0.250 e. The fourth-order valence-corrected chi connectivity index (χ4v) is 4.07. The molecule has 0 aliphatic heterocycles. The molecule has 3 rings (SSSR count). The summed E-state index contributed by atoms with van der Waals surface area (Å²) in [5.41, 5.74) is 3.97. The summed E-state index contributed by atoms with van der Waals surface area (Å²) >= 11 is 4.84. The number of anilines is 1. The van der Waals surface area contributed by atoms with Crippen LogP contribution in [0.2, 0.25) is 0 Å². The fraction of sp³-hybridized carbons (Fsp3) is 0.182. The van der Waals surface area contributed by atoms with Crippen molar-refractivity contribution in [3.8, 4) is 22.8 Å². The summed E-state index contributed by atoms with van der Waals surface area (Å²) in [5.74, 6) is 0.940. The standard InChI is InChI=1S/C22H21BrN2O3S/c1-4-14-5-8-16(9-6-14)18-13-29-22(24-18)25-20(26)10-7-15-11-17(23)21(28-3)19(12-15)27-2/h5-13H,4H2,1-3H3,(H,24,25,26). The van der Waals surface area contributed by atoms with Crippen LogP contribution < -0.4 is 14.8 Å². The number of hydrogen-bond acceptors (Lipinski definition) is 5. The first-order valence-electron chi connectivity index (χ1n) is 8.99. The van der Waals surface area contributed by atoms with Crippen LogP contribution in [0, 0.1) is 0 Å². The van der Waals surface area contributed by atoms with E-state index >= 15 is 0 Å². The minimum atomic E-state index is -0.252. The van der Waals surface area contributed by atoms with E-state index in [2.05, 4.69) is 45.3 Å². The van der Waals surface area contributed by atoms with E-state index in [9.17, 15) is 4.79 Å². The maximum atomic E-state index is 12.3. The first-order chi connectivity index (χ1) is 14.0. The molecule has 0 bridgehead atoms. The van der Waals surface area contributed by atoms with Crippen LogP contribution in [-0.2, 0) is 11.2 Å². The third-order valence-electron chi connectivity index (χ3n) is 4.28. The summed E-state index contributed by atoms with van der Waals surface area (Å²) in [6.07, 6.45) is 4.17. The Kier molecular flexibility index (Phi) is 7.06. The van der Waals surface area contributed by atoms with Gasteiger partial charge < -0.3 is 9.47 Å². The molecule has 0 saturated carbocycles. The van der Waals surface area contributed by atoms with Crippen molar-refractivity contribution < 1.29 is 14.3 Å². The highest BCUT2D eigenvalue weighted by Crippen LogP contribution is 2.36. The van der Waals surface area contributed by atoms with E-state index in [4.69, 9.17) is 9.47 Å². The molecular weight excluding hydrogens is 452 g/mol. The molecule has 0 fully saturated rings. The number of nitrogens with zero attached hydrogens (tertiary/aromatic N) is 1. The lowest BCUT2D eigenvalue weighted by Gasteiger charge is -2.10. The van der Waals surface area contributed by atoms with E-state index in [0.29, 0.717) is 16.6 Å². The van der Waals surface area contributed by atoms with Gasteiger partial charge >= 0.3 is 0 Å². The van der Waals surface area contributed by atoms with E-state index in [1.54, 1.807) is 26.4 Å². The summed E-state index contributed by atoms with van der Waals surface area (Å²) < 4.78 is 11.4. The van der Waals surface area contributed by atoms with Gasteiger partial charge in [-0.1, -0.05) is 31.2 Å². The molecule has 0 radical (unpaired) electrons. The van der Waals surface area contributed by atoms with Crippen molar-refractivity contribution >= 4 is 44.4 Å². The Bertz CT molecular complexity index is 1030. The summed E-state index contributed by atoms with van der Waals surface area (Å²) in [6, 6.07) is 11.9. The highest BCUT2D eigenvalue weighted by Gasteiger charge is 2.10. The zero-order chi connectivity index (χ0) is 20.8. The molecule has 0 unspecified atom stereocenters. The second kappa shape index (κ2) is 9.71. The average molecular weight is 473 g/mol. The van der Waals surface area contributed by atoms with Crippen molar-refractivity contribution in [1.29, 1.82) is 0 Å². The van der Waals surface area contributed by atoms with Gasteiger partial charge in [0.05, 0.1) is 24.4 Å². The maximum absolute atomic E-state index is 12.3. The molecule has 1 amide bonds. The lowest BCUT2D eigenvalue weighted by Crippen LogP contribution is -2.07. The molecule has 0 aliphatic rings. The number of methoxy groups -OCH3 is 2. The Labute approximate surface area is 182 Å². The second-order valence-corrected chi connectivity index (χ2v) is 7.86. The van der Waals surface area contributed by atoms with E-state index in [0.717, 1.165) is 27.7 Å². The van der Waals surface area contributed by atoms with Crippen LogP contribution in [0.3, 0.4) is 0 Å². The largest absolute Gasteiger partial charge is 0.493 e. The van der Waals surface area contributed by atoms with Crippen LogP contribution in [0.1, 0.15) is 18.1 Å². The number of aryl methyl sites for hydroxylation is 1. The van der Waals surface area contributed by atoms with Gasteiger partial charge in [0.1, 0.15) is 0 Å². The number of nitrogens with one attached hydrogen (secondary N) is 1. The van der Waals surface area contributed by atoms with Gasteiger partial charge in [-0.2, -0.15) is 0 Å². The minimum Gasteiger partial charge on any atom is -0.493 e. The Morgan fingerprint density at radius 2 is 1.97 bits per heavy atom. The Hall–Kier alpha value is -2.64. The Morgan fingerprint density at radius 1 is 1.21 bits per heavy atom. The molecule has 1 heterocycles. The first kappa shape index (κ1) is 21.1. The van der Waals surface area contributed by atoms with E-state index in [1.807, 2.05) is 23.6 Å². The van der Waals surface area contributed by atoms with Crippen LogP contribution in [0.4, 0.5) is 5.13 Å². The third kappa shape index (κ3) is 5.25. The zero-order valence-corrected chi connectivity index (χ0v) is 18.8. The molecule has 5 nitrogen and oxygen atoms in total. The van der Waals surface area contributed by atoms with Crippen molar-refractivity contribution in [1.82, 2.24) is 4.98 Å². The van der Waals surface area contributed by atoms with Crippen molar-refractivity contribution in [2.24, 2.45) is 0 Å². The van der Waals surface area contributed by atoms with Crippen LogP contribution in [-0.4, -0.2) is 25.1 Å². The number of rotatable bonds is 7. The highest BCUT2D eigenvalue weighted by atomic mass is 79.9. The molecule has 0 saturated heterocycles. The monoisotopic (exact) mass is 472 g/mol. The summed E-state index contributed by atoms with van der Waals surface area (Å²) in [5, 5.41) is 5.30. The molecule has 0 atom stereocenters. The van der Waals surface area contributed by atoms with Crippen LogP contribution in [0.5, 0.6) is 11.5 Å². The molecule has 29 heavy (non-hydrogen) atoms. The third-order valence-corrected chi connectivity index (χ3v) is 5.62. The van der Waals surface area contributed by atoms with E-state index < -0.39 is 0 Å². The zero-order valence-electron chi connectivity index (χ0n) is 16.4. The van der Waals surface area contributed by atoms with Crippen molar-refractivity contribution in [2.45, 2.75) is 13.3 Å². The van der Waals surface area contributed by atoms with Gasteiger partial charge in [0.2, 0.25) is 5.91 Å². The maximum Gasteiger partial charge on any atom is 0.250 e. The molecular formula is C22H21BrN2O3S. The van der Waals surface area contributed by atoms with Crippen LogP contribution in [0.15, 0.2) is 52.3 Å². The molecule has 0 spiro atoms. The SMILES string of the molecule is CCc1ccc(-c2csc(NC(=O)C=Cc3cc(Br)c(OC)c(OC)c3)n2)cc1. The van der Waals surface area contributed by atoms with E-state index in [1.165, 1.54) is 23.0 Å². The number of benzene rings is 2. The fourth-order valence-electron chi connectivity index (χ4n) is 2.73. The normalized spacial score (nSPS) is 10.9. The predicted octanol–water partition coefficient (Wildman–Crippen LogP) is 5.80. The van der Waals surface area contributed by atoms with Gasteiger partial charge in [-0.15, -0.1) is 11.3 Å². The van der Waals surface area contributed by atoms with Gasteiger partial charge in [0.15, 0.2) is 16.6 Å². The lowest BCUT2D eigenvalue weighted by molar-refractivity contribution is -0.111. The number of halogens is 1. The van der Waals surface area contributed by atoms with Crippen LogP contribution in [0.25, 0.3) is 17.3 Å². The summed E-state index contributed by atoms with van der Waals surface area (Å²) in [4.78, 5) is 16.8. The average Bonchev–Trinajstić information content (AvgIpc) is 3.20. The van der Waals surface area contributed by atoms with Crippen LogP contribution >= 0.6 is 27.3 Å². The summed E-state index contributed by atoms with van der Waals surface area (Å²) in [6.45, 7) is 2.12. The van der Waals surface area contributed by atoms with Gasteiger partial charge in [0, 0.05) is 17.0 Å². The topological polar surface area (TPSA) is 60.5 Å². The Balaban J connectivity index is 1.68. The van der Waals surface area contributed by atoms with Gasteiger partial charge in [-0.05, 0) is 51.7 Å². The van der Waals surface area contributed by atoms with Gasteiger partial charge in [0.25, 0.3) is 0 Å². The number of ether oxygens (including phenoxy) is 2. The van der Waals surface area contributed by atoms with Crippen molar-refractivity contribution in [3.05, 3.63) is 63.5 Å². The van der Waals surface area contributed by atoms with Gasteiger partial charge in [-0.25, -0.2) is 4.98 Å². The second-order valence-electron chi connectivity index (χ2n) is 6.15. The molecule has 0 aliphatic carbocycles. The predicted molar refractivity (Wildman–Crippen MR) is 122 cm³/mol. The molecule has 3 aromatic rings. The van der Waals surface area contributed by atoms with E-state index in [-0.39, 0.29) is 5.91 Å².